The van der Waals surface area contributed by atoms with Crippen molar-refractivity contribution in [3.63, 3.8) is 0 Å². The van der Waals surface area contributed by atoms with Crippen molar-refractivity contribution >= 4 is 27.3 Å². The summed E-state index contributed by atoms with van der Waals surface area (Å²) in [6.45, 7) is 5.86. The lowest BCUT2D eigenvalue weighted by molar-refractivity contribution is -0.122. The Balaban J connectivity index is 1.98. The molecule has 0 unspecified atom stereocenters. The van der Waals surface area contributed by atoms with Crippen LogP contribution in [0.25, 0.3) is 0 Å². The van der Waals surface area contributed by atoms with Gasteiger partial charge in [0.1, 0.15) is 0 Å². The molecule has 8 heteroatoms. The minimum Gasteiger partial charge on any atom is -0.349 e. The fraction of sp³-hybridized carbons (Fsp3) is 0.375. The van der Waals surface area contributed by atoms with Crippen LogP contribution in [-0.2, 0) is 21.4 Å². The molecule has 0 bridgehead atoms. The lowest BCUT2D eigenvalue weighted by atomic mass is 10.0. The normalized spacial score (nSPS) is 13.0. The Labute approximate surface area is 146 Å². The molecule has 0 aliphatic carbocycles. The summed E-state index contributed by atoms with van der Waals surface area (Å²) in [7, 11) is -3.74. The van der Waals surface area contributed by atoms with Crippen LogP contribution in [0, 0.1) is 0 Å². The summed E-state index contributed by atoms with van der Waals surface area (Å²) in [4.78, 5) is 16.2. The second-order valence-electron chi connectivity index (χ2n) is 5.76. The second-order valence-corrected chi connectivity index (χ2v) is 8.20. The molecular formula is C16H21N3O3S2. The molecule has 0 aliphatic rings. The van der Waals surface area contributed by atoms with Gasteiger partial charge in [-0.1, -0.05) is 26.0 Å². The van der Waals surface area contributed by atoms with E-state index in [2.05, 4.69) is 15.0 Å². The zero-order valence-electron chi connectivity index (χ0n) is 13.8. The Morgan fingerprint density at radius 3 is 2.42 bits per heavy atom. The largest absolute Gasteiger partial charge is 0.349 e. The lowest BCUT2D eigenvalue weighted by Gasteiger charge is -2.14. The number of nitrogens with one attached hydrogen (secondary N) is 2. The van der Waals surface area contributed by atoms with Crippen LogP contribution in [-0.4, -0.2) is 25.4 Å². The van der Waals surface area contributed by atoms with E-state index in [9.17, 15) is 13.2 Å². The molecule has 24 heavy (non-hydrogen) atoms. The van der Waals surface area contributed by atoms with Crippen LogP contribution in [0.5, 0.6) is 0 Å². The second kappa shape index (κ2) is 7.87. The highest BCUT2D eigenvalue weighted by molar-refractivity contribution is 7.89. The molecule has 1 atom stereocenters. The minimum absolute atomic E-state index is 0.144. The summed E-state index contributed by atoms with van der Waals surface area (Å²) in [6, 6.07) is 5.80. The van der Waals surface area contributed by atoms with Gasteiger partial charge in [-0.15, -0.1) is 11.3 Å². The summed E-state index contributed by atoms with van der Waals surface area (Å²) < 4.78 is 27.1. The number of nitrogens with zero attached hydrogens (tertiary/aromatic N) is 1. The van der Waals surface area contributed by atoms with Gasteiger partial charge in [0.05, 0.1) is 28.7 Å². The summed E-state index contributed by atoms with van der Waals surface area (Å²) in [5.41, 5.74) is 3.48. The average molecular weight is 367 g/mol. The summed E-state index contributed by atoms with van der Waals surface area (Å²) in [5.74, 6) is -0.0736. The van der Waals surface area contributed by atoms with Crippen molar-refractivity contribution in [1.82, 2.24) is 15.0 Å². The minimum atomic E-state index is -3.74. The zero-order chi connectivity index (χ0) is 17.7. The van der Waals surface area contributed by atoms with Gasteiger partial charge >= 0.3 is 0 Å². The molecule has 0 fully saturated rings. The number of thiazole rings is 1. The highest BCUT2D eigenvalue weighted by atomic mass is 32.2. The fourth-order valence-electron chi connectivity index (χ4n) is 2.04. The van der Waals surface area contributed by atoms with Crippen molar-refractivity contribution in [2.75, 3.05) is 0 Å². The molecule has 0 spiro atoms. The first kappa shape index (κ1) is 18.6. The van der Waals surface area contributed by atoms with Crippen LogP contribution in [0.15, 0.2) is 40.1 Å². The molecule has 1 aromatic heterocycles. The molecule has 2 N–H and O–H groups in total. The number of rotatable bonds is 7. The first-order valence-electron chi connectivity index (χ1n) is 7.56. The SMILES string of the molecule is CC(C)c1ccc(S(=O)(=O)N[C@H](C)C(=O)NCc2cscn2)cc1. The van der Waals surface area contributed by atoms with Crippen molar-refractivity contribution in [2.24, 2.45) is 0 Å². The van der Waals surface area contributed by atoms with E-state index in [0.29, 0.717) is 5.92 Å². The van der Waals surface area contributed by atoms with E-state index in [1.54, 1.807) is 29.8 Å². The lowest BCUT2D eigenvalue weighted by Crippen LogP contribution is -2.44. The monoisotopic (exact) mass is 367 g/mol. The number of carbonyl (C=O) groups is 1. The van der Waals surface area contributed by atoms with Gasteiger partial charge in [-0.25, -0.2) is 13.4 Å². The van der Waals surface area contributed by atoms with E-state index >= 15 is 0 Å². The van der Waals surface area contributed by atoms with E-state index in [-0.39, 0.29) is 11.4 Å². The standard InChI is InChI=1S/C16H21N3O3S2/c1-11(2)13-4-6-15(7-5-13)24(21,22)19-12(3)16(20)17-8-14-9-23-10-18-14/h4-7,9-12,19H,8H2,1-3H3,(H,17,20)/t12-/m1/s1. The number of benzene rings is 1. The van der Waals surface area contributed by atoms with Gasteiger partial charge in [-0.05, 0) is 30.5 Å². The molecule has 1 amide bonds. The number of hydrogen-bond donors (Lipinski definition) is 2. The molecule has 0 saturated carbocycles. The molecule has 130 valence electrons. The predicted octanol–water partition coefficient (Wildman–Crippen LogP) is 2.25. The van der Waals surface area contributed by atoms with Crippen LogP contribution in [0.4, 0.5) is 0 Å². The molecule has 0 aliphatic heterocycles. The number of amides is 1. The van der Waals surface area contributed by atoms with Gasteiger partial charge in [-0.3, -0.25) is 4.79 Å². The smallest absolute Gasteiger partial charge is 0.241 e. The molecule has 1 heterocycles. The van der Waals surface area contributed by atoms with Crippen LogP contribution in [0.1, 0.15) is 37.9 Å². The fourth-order valence-corrected chi connectivity index (χ4v) is 3.80. The number of sulfonamides is 1. The van der Waals surface area contributed by atoms with Gasteiger partial charge in [0, 0.05) is 5.38 Å². The van der Waals surface area contributed by atoms with Gasteiger partial charge < -0.3 is 5.32 Å². The Bertz CT molecular complexity index is 769. The van der Waals surface area contributed by atoms with E-state index < -0.39 is 22.0 Å². The Morgan fingerprint density at radius 2 is 1.88 bits per heavy atom. The zero-order valence-corrected chi connectivity index (χ0v) is 15.4. The van der Waals surface area contributed by atoms with Crippen molar-refractivity contribution in [3.05, 3.63) is 46.4 Å². The molecule has 6 nitrogen and oxygen atoms in total. The number of hydrogen-bond acceptors (Lipinski definition) is 5. The van der Waals surface area contributed by atoms with Crippen molar-refractivity contribution in [1.29, 1.82) is 0 Å². The van der Waals surface area contributed by atoms with Crippen LogP contribution in [0.3, 0.4) is 0 Å². The topological polar surface area (TPSA) is 88.2 Å². The molecule has 0 saturated heterocycles. The van der Waals surface area contributed by atoms with Crippen LogP contribution in [0.2, 0.25) is 0 Å². The summed E-state index contributed by atoms with van der Waals surface area (Å²) >= 11 is 1.44. The van der Waals surface area contributed by atoms with Crippen molar-refractivity contribution in [3.8, 4) is 0 Å². The number of aromatic nitrogens is 1. The van der Waals surface area contributed by atoms with E-state index in [0.717, 1.165) is 11.3 Å². The molecule has 0 radical (unpaired) electrons. The van der Waals surface area contributed by atoms with Crippen molar-refractivity contribution < 1.29 is 13.2 Å². The summed E-state index contributed by atoms with van der Waals surface area (Å²) in [5, 5.41) is 4.49. The van der Waals surface area contributed by atoms with Gasteiger partial charge in [-0.2, -0.15) is 4.72 Å². The number of carbonyl (C=O) groups excluding carboxylic acids is 1. The van der Waals surface area contributed by atoms with Crippen LogP contribution < -0.4 is 10.0 Å². The molecule has 2 aromatic rings. The Hall–Kier alpha value is -1.77. The Kier molecular flexibility index (Phi) is 6.09. The Morgan fingerprint density at radius 1 is 1.21 bits per heavy atom. The maximum atomic E-state index is 12.4. The van der Waals surface area contributed by atoms with E-state index in [4.69, 9.17) is 0 Å². The predicted molar refractivity (Wildman–Crippen MR) is 94.3 cm³/mol. The third kappa shape index (κ3) is 4.86. The molecular weight excluding hydrogens is 346 g/mol. The van der Waals surface area contributed by atoms with Crippen LogP contribution >= 0.6 is 11.3 Å². The van der Waals surface area contributed by atoms with Gasteiger partial charge in [0.15, 0.2) is 0 Å². The first-order chi connectivity index (χ1) is 11.3. The maximum absolute atomic E-state index is 12.4. The maximum Gasteiger partial charge on any atom is 0.241 e. The quantitative estimate of drug-likeness (QED) is 0.786. The third-order valence-electron chi connectivity index (χ3n) is 3.51. The van der Waals surface area contributed by atoms with Crippen molar-refractivity contribution in [2.45, 2.75) is 44.2 Å². The van der Waals surface area contributed by atoms with Gasteiger partial charge in [0.25, 0.3) is 0 Å². The molecule has 1 aromatic carbocycles. The molecule has 2 rings (SSSR count). The first-order valence-corrected chi connectivity index (χ1v) is 9.99. The average Bonchev–Trinajstić information content (AvgIpc) is 3.05. The van der Waals surface area contributed by atoms with E-state index in [1.807, 2.05) is 19.2 Å². The highest BCUT2D eigenvalue weighted by Gasteiger charge is 2.22. The highest BCUT2D eigenvalue weighted by Crippen LogP contribution is 2.17. The summed E-state index contributed by atoms with van der Waals surface area (Å²) in [6.07, 6.45) is 0. The third-order valence-corrected chi connectivity index (χ3v) is 5.70. The van der Waals surface area contributed by atoms with Gasteiger partial charge in [0.2, 0.25) is 15.9 Å². The van der Waals surface area contributed by atoms with E-state index in [1.165, 1.54) is 18.3 Å².